The minimum atomic E-state index is -4.59. The normalized spacial score (nSPS) is 14.0. The Kier molecular flexibility index (Phi) is 48.7. The Morgan fingerprint density at radius 1 is 0.515 bits per heavy atom. The molecule has 0 aliphatic carbocycles. The van der Waals surface area contributed by atoms with Crippen LogP contribution in [0.3, 0.4) is 0 Å². The molecule has 394 valence electrons. The molecule has 0 heterocycles. The molecule has 3 atom stereocenters. The number of nitrogens with one attached hydrogen (secondary N) is 1. The lowest BCUT2D eigenvalue weighted by Gasteiger charge is -2.29. The molecule has 2 N–H and O–H groups in total. The summed E-state index contributed by atoms with van der Waals surface area (Å²) in [5.41, 5.74) is 0. The summed E-state index contributed by atoms with van der Waals surface area (Å²) in [5.74, 6) is -0.191. The molecule has 0 aromatic rings. The van der Waals surface area contributed by atoms with Gasteiger partial charge in [-0.25, -0.2) is 0 Å². The lowest BCUT2D eigenvalue weighted by molar-refractivity contribution is -0.870. The molecule has 0 saturated heterocycles. The van der Waals surface area contributed by atoms with Gasteiger partial charge in [-0.3, -0.25) is 9.36 Å². The van der Waals surface area contributed by atoms with Gasteiger partial charge in [-0.05, 0) is 19.3 Å². The van der Waals surface area contributed by atoms with Crippen LogP contribution in [-0.4, -0.2) is 68.5 Å². The van der Waals surface area contributed by atoms with Crippen molar-refractivity contribution >= 4 is 13.7 Å². The number of hydrogen-bond acceptors (Lipinski definition) is 6. The first kappa shape index (κ1) is 65.2. The summed E-state index contributed by atoms with van der Waals surface area (Å²) in [4.78, 5) is 25.4. The number of amides is 1. The highest BCUT2D eigenvalue weighted by atomic mass is 31.2. The van der Waals surface area contributed by atoms with Crippen molar-refractivity contribution in [3.63, 3.8) is 0 Å². The molecule has 0 aromatic heterocycles. The van der Waals surface area contributed by atoms with Crippen LogP contribution in [0.5, 0.6) is 0 Å². The van der Waals surface area contributed by atoms with E-state index in [9.17, 15) is 19.4 Å². The van der Waals surface area contributed by atoms with Crippen molar-refractivity contribution in [3.05, 3.63) is 12.2 Å². The number of phosphoric acid groups is 1. The first-order valence-corrected chi connectivity index (χ1v) is 30.5. The van der Waals surface area contributed by atoms with Crippen LogP contribution in [0.25, 0.3) is 0 Å². The van der Waals surface area contributed by atoms with Crippen LogP contribution < -0.4 is 10.2 Å². The van der Waals surface area contributed by atoms with Gasteiger partial charge in [0.05, 0.1) is 39.9 Å². The number of nitrogens with zero attached hydrogens (tertiary/aromatic N) is 1. The number of likely N-dealkylation sites (N-methyl/N-ethyl adjacent to an activating group) is 1. The van der Waals surface area contributed by atoms with E-state index in [2.05, 4.69) is 19.2 Å². The molecule has 3 unspecified atom stereocenters. The second-order valence-corrected chi connectivity index (χ2v) is 22.8. The summed E-state index contributed by atoms with van der Waals surface area (Å²) in [5, 5.41) is 13.9. The maximum absolute atomic E-state index is 12.9. The molecule has 0 fully saturated rings. The molecule has 0 aromatic carbocycles. The van der Waals surface area contributed by atoms with Gasteiger partial charge in [0, 0.05) is 6.42 Å². The number of carbonyl (C=O) groups is 1. The Morgan fingerprint density at radius 2 is 0.818 bits per heavy atom. The fraction of sp³-hybridized carbons (Fsp3) is 0.947. The van der Waals surface area contributed by atoms with E-state index in [0.29, 0.717) is 17.4 Å². The maximum atomic E-state index is 12.9. The predicted octanol–water partition coefficient (Wildman–Crippen LogP) is 16.8. The fourth-order valence-corrected chi connectivity index (χ4v) is 9.64. The highest BCUT2D eigenvalue weighted by Gasteiger charge is 2.23. The molecule has 0 saturated carbocycles. The van der Waals surface area contributed by atoms with Gasteiger partial charge in [0.15, 0.2) is 0 Å². The number of carbonyl (C=O) groups excluding carboxylic acids is 1. The van der Waals surface area contributed by atoms with E-state index in [1.54, 1.807) is 6.08 Å². The molecule has 8 nitrogen and oxygen atoms in total. The second kappa shape index (κ2) is 49.2. The van der Waals surface area contributed by atoms with Gasteiger partial charge in [0.2, 0.25) is 5.91 Å². The number of allylic oxidation sites excluding steroid dienone is 1. The number of aliphatic hydroxyl groups is 1. The predicted molar refractivity (Wildman–Crippen MR) is 284 cm³/mol. The van der Waals surface area contributed by atoms with Crippen LogP contribution in [-0.2, 0) is 18.4 Å². The van der Waals surface area contributed by atoms with Crippen LogP contribution >= 0.6 is 7.82 Å². The van der Waals surface area contributed by atoms with Gasteiger partial charge in [-0.15, -0.1) is 0 Å². The minimum Gasteiger partial charge on any atom is -0.756 e. The molecule has 66 heavy (non-hydrogen) atoms. The SMILES string of the molecule is CCCCCCCCCCCCCC/C=C/C(O)C(COP(=O)([O-])OCC[N+](C)(C)C)NC(=O)CCCCCCCCCCCCCCCCCCCCCCCCCCCCCCCC. The number of rotatable bonds is 54. The van der Waals surface area contributed by atoms with E-state index in [-0.39, 0.29) is 19.1 Å². The first-order valence-electron chi connectivity index (χ1n) is 29.1. The number of hydrogen-bond donors (Lipinski definition) is 2. The molecule has 0 aliphatic rings. The smallest absolute Gasteiger partial charge is 0.268 e. The van der Waals surface area contributed by atoms with Gasteiger partial charge in [-0.2, -0.15) is 0 Å². The molecule has 1 amide bonds. The Labute approximate surface area is 412 Å². The fourth-order valence-electron chi connectivity index (χ4n) is 8.92. The minimum absolute atomic E-state index is 0.00247. The van der Waals surface area contributed by atoms with E-state index < -0.39 is 20.0 Å². The van der Waals surface area contributed by atoms with Crippen LogP contribution in [0.1, 0.15) is 296 Å². The van der Waals surface area contributed by atoms with Crippen molar-refractivity contribution < 1.29 is 32.9 Å². The monoisotopic (exact) mass is 955 g/mol. The Morgan fingerprint density at radius 3 is 1.14 bits per heavy atom. The molecule has 9 heteroatoms. The standard InChI is InChI=1S/C57H115N2O6P/c1-6-8-10-12-14-16-18-20-22-23-24-25-26-27-28-29-30-31-32-33-34-35-36-37-39-41-43-45-47-49-51-57(61)58-55(54-65-66(62,63)64-53-52-59(3,4)5)56(60)50-48-46-44-42-40-38-21-19-17-15-13-11-9-7-2/h48,50,55-56,60H,6-47,49,51-54H2,1-5H3,(H-,58,61,62,63)/b50-48+. The van der Waals surface area contributed by atoms with Crippen LogP contribution in [0.4, 0.5) is 0 Å². The largest absolute Gasteiger partial charge is 0.756 e. The number of unbranched alkanes of at least 4 members (excludes halogenated alkanes) is 41. The maximum Gasteiger partial charge on any atom is 0.268 e. The topological polar surface area (TPSA) is 108 Å². The number of quaternary nitrogens is 1. The third-order valence-electron chi connectivity index (χ3n) is 13.5. The molecule has 0 rings (SSSR count). The first-order chi connectivity index (χ1) is 32.0. The number of aliphatic hydroxyl groups excluding tert-OH is 1. The van der Waals surface area contributed by atoms with Gasteiger partial charge < -0.3 is 28.8 Å². The van der Waals surface area contributed by atoms with Gasteiger partial charge in [0.1, 0.15) is 13.2 Å². The summed E-state index contributed by atoms with van der Waals surface area (Å²) >= 11 is 0. The van der Waals surface area contributed by atoms with E-state index >= 15 is 0 Å². The molecular weight excluding hydrogens is 840 g/mol. The van der Waals surface area contributed by atoms with E-state index in [1.165, 1.54) is 238 Å². The highest BCUT2D eigenvalue weighted by Crippen LogP contribution is 2.38. The Balaban J connectivity index is 4.02. The van der Waals surface area contributed by atoms with Gasteiger partial charge in [-0.1, -0.05) is 283 Å². The van der Waals surface area contributed by atoms with Crippen molar-refractivity contribution in [2.24, 2.45) is 0 Å². The van der Waals surface area contributed by atoms with E-state index in [4.69, 9.17) is 9.05 Å². The second-order valence-electron chi connectivity index (χ2n) is 21.4. The third-order valence-corrected chi connectivity index (χ3v) is 14.5. The quantitative estimate of drug-likeness (QED) is 0.0272. The zero-order valence-electron chi connectivity index (χ0n) is 44.9. The molecule has 0 bridgehead atoms. The summed E-state index contributed by atoms with van der Waals surface area (Å²) < 4.78 is 23.3. The average Bonchev–Trinajstić information content (AvgIpc) is 3.28. The zero-order chi connectivity index (χ0) is 48.5. The Hall–Kier alpha value is -0.760. The van der Waals surface area contributed by atoms with Crippen LogP contribution in [0.2, 0.25) is 0 Å². The van der Waals surface area contributed by atoms with Gasteiger partial charge in [0.25, 0.3) is 7.82 Å². The van der Waals surface area contributed by atoms with Crippen molar-refractivity contribution in [3.8, 4) is 0 Å². The lowest BCUT2D eigenvalue weighted by atomic mass is 10.0. The molecule has 0 radical (unpaired) electrons. The number of phosphoric ester groups is 1. The summed E-state index contributed by atoms with van der Waals surface area (Å²) in [6.45, 7) is 4.69. The van der Waals surface area contributed by atoms with Crippen molar-refractivity contribution in [2.45, 2.75) is 309 Å². The van der Waals surface area contributed by atoms with E-state index in [1.807, 2.05) is 27.2 Å². The summed E-state index contributed by atoms with van der Waals surface area (Å²) in [6.07, 6.45) is 60.1. The molecule has 0 spiro atoms. The molecular formula is C57H115N2O6P. The Bertz CT molecular complexity index is 1080. The highest BCUT2D eigenvalue weighted by molar-refractivity contribution is 7.45. The summed E-state index contributed by atoms with van der Waals surface area (Å²) in [6, 6.07) is -0.881. The van der Waals surface area contributed by atoms with Crippen LogP contribution in [0.15, 0.2) is 12.2 Å². The average molecular weight is 956 g/mol. The van der Waals surface area contributed by atoms with Crippen molar-refractivity contribution in [2.75, 3.05) is 40.9 Å². The van der Waals surface area contributed by atoms with Gasteiger partial charge >= 0.3 is 0 Å². The lowest BCUT2D eigenvalue weighted by Crippen LogP contribution is -2.45. The third kappa shape index (κ3) is 51.1. The van der Waals surface area contributed by atoms with E-state index in [0.717, 1.165) is 38.5 Å². The zero-order valence-corrected chi connectivity index (χ0v) is 45.8. The van der Waals surface area contributed by atoms with Crippen molar-refractivity contribution in [1.29, 1.82) is 0 Å². The van der Waals surface area contributed by atoms with Crippen molar-refractivity contribution in [1.82, 2.24) is 5.32 Å². The van der Waals surface area contributed by atoms with Crippen LogP contribution in [0, 0.1) is 0 Å². The molecule has 0 aliphatic heterocycles. The summed E-state index contributed by atoms with van der Waals surface area (Å²) in [7, 11) is 1.28.